The molecule has 0 aliphatic heterocycles. The Morgan fingerprint density at radius 2 is 1.85 bits per heavy atom. The van der Waals surface area contributed by atoms with E-state index >= 15 is 0 Å². The summed E-state index contributed by atoms with van der Waals surface area (Å²) in [7, 11) is -1.27. The van der Waals surface area contributed by atoms with Crippen molar-refractivity contribution >= 4 is 16.8 Å². The Hall–Kier alpha value is -2.14. The lowest BCUT2D eigenvalue weighted by atomic mass is 10.2. The van der Waals surface area contributed by atoms with E-state index in [4.69, 9.17) is 9.84 Å². The van der Waals surface area contributed by atoms with Gasteiger partial charge >= 0.3 is 5.97 Å². The van der Waals surface area contributed by atoms with Gasteiger partial charge in [-0.1, -0.05) is 24.3 Å². The Balaban J connectivity index is 1.92. The molecule has 0 bridgehead atoms. The van der Waals surface area contributed by atoms with Gasteiger partial charge in [-0.2, -0.15) is 0 Å². The number of carboxylic acid groups (broad SMARTS) is 1. The number of carboxylic acids is 1. The standard InChI is InChI=1S/C15H14O4S/c16-15(17)12-5-4-8-14(11-12)20(18)10-9-19-13-6-2-1-3-7-13/h1-8,11H,9-10H2,(H,16,17). The zero-order chi connectivity index (χ0) is 14.4. The van der Waals surface area contributed by atoms with Gasteiger partial charge in [0.2, 0.25) is 0 Å². The summed E-state index contributed by atoms with van der Waals surface area (Å²) in [5.74, 6) is 0.0194. The molecule has 0 aliphatic rings. The van der Waals surface area contributed by atoms with Crippen molar-refractivity contribution in [2.24, 2.45) is 0 Å². The molecule has 0 heterocycles. The summed E-state index contributed by atoms with van der Waals surface area (Å²) in [6, 6.07) is 15.4. The van der Waals surface area contributed by atoms with Crippen LogP contribution in [-0.2, 0) is 10.8 Å². The van der Waals surface area contributed by atoms with Crippen molar-refractivity contribution in [1.82, 2.24) is 0 Å². The number of hydrogen-bond donors (Lipinski definition) is 1. The maximum atomic E-state index is 12.0. The number of para-hydroxylation sites is 1. The highest BCUT2D eigenvalue weighted by atomic mass is 32.2. The molecule has 0 spiro atoms. The molecular weight excluding hydrogens is 276 g/mol. The summed E-state index contributed by atoms with van der Waals surface area (Å²) < 4.78 is 17.5. The maximum Gasteiger partial charge on any atom is 0.335 e. The van der Waals surface area contributed by atoms with Crippen molar-refractivity contribution in [2.75, 3.05) is 12.4 Å². The van der Waals surface area contributed by atoms with E-state index < -0.39 is 16.8 Å². The molecule has 104 valence electrons. The Bertz CT molecular complexity index is 610. The second-order valence-corrected chi connectivity index (χ2v) is 5.61. The minimum atomic E-state index is -1.27. The predicted molar refractivity (Wildman–Crippen MR) is 76.6 cm³/mol. The first-order chi connectivity index (χ1) is 9.66. The van der Waals surface area contributed by atoms with Crippen LogP contribution in [0.2, 0.25) is 0 Å². The molecule has 0 aromatic heterocycles. The van der Waals surface area contributed by atoms with Crippen molar-refractivity contribution in [2.45, 2.75) is 4.90 Å². The fourth-order valence-corrected chi connectivity index (χ4v) is 2.60. The summed E-state index contributed by atoms with van der Waals surface area (Å²) in [6.07, 6.45) is 0. The molecule has 5 heteroatoms. The van der Waals surface area contributed by atoms with Gasteiger partial charge in [-0.3, -0.25) is 4.21 Å². The normalized spacial score (nSPS) is 11.8. The number of benzene rings is 2. The van der Waals surface area contributed by atoms with Crippen LogP contribution < -0.4 is 4.74 Å². The van der Waals surface area contributed by atoms with E-state index in [9.17, 15) is 9.00 Å². The molecule has 1 atom stereocenters. The smallest absolute Gasteiger partial charge is 0.335 e. The molecule has 4 nitrogen and oxygen atoms in total. The minimum Gasteiger partial charge on any atom is -0.493 e. The first-order valence-corrected chi connectivity index (χ1v) is 7.38. The van der Waals surface area contributed by atoms with Gasteiger partial charge in [-0.25, -0.2) is 4.79 Å². The van der Waals surface area contributed by atoms with Gasteiger partial charge in [0.1, 0.15) is 12.4 Å². The predicted octanol–water partition coefficient (Wildman–Crippen LogP) is 2.57. The van der Waals surface area contributed by atoms with E-state index in [0.717, 1.165) is 5.75 Å². The molecule has 0 radical (unpaired) electrons. The van der Waals surface area contributed by atoms with Gasteiger partial charge in [0, 0.05) is 4.90 Å². The van der Waals surface area contributed by atoms with Gasteiger partial charge in [-0.05, 0) is 30.3 Å². The van der Waals surface area contributed by atoms with E-state index in [-0.39, 0.29) is 5.56 Å². The monoisotopic (exact) mass is 290 g/mol. The van der Waals surface area contributed by atoms with Crippen molar-refractivity contribution < 1.29 is 18.8 Å². The molecule has 0 saturated carbocycles. The van der Waals surface area contributed by atoms with Crippen LogP contribution in [0.5, 0.6) is 5.75 Å². The highest BCUT2D eigenvalue weighted by Gasteiger charge is 2.08. The fraction of sp³-hybridized carbons (Fsp3) is 0.133. The second kappa shape index (κ2) is 6.86. The van der Waals surface area contributed by atoms with Crippen LogP contribution in [-0.4, -0.2) is 27.6 Å². The quantitative estimate of drug-likeness (QED) is 0.888. The molecule has 0 aliphatic carbocycles. The molecule has 2 aromatic carbocycles. The SMILES string of the molecule is O=C(O)c1cccc(S(=O)CCOc2ccccc2)c1. The van der Waals surface area contributed by atoms with Crippen LogP contribution >= 0.6 is 0 Å². The topological polar surface area (TPSA) is 63.6 Å². The molecule has 0 fully saturated rings. The summed E-state index contributed by atoms with van der Waals surface area (Å²) >= 11 is 0. The van der Waals surface area contributed by atoms with E-state index in [1.54, 1.807) is 12.1 Å². The third-order valence-electron chi connectivity index (χ3n) is 2.62. The minimum absolute atomic E-state index is 0.139. The summed E-state index contributed by atoms with van der Waals surface area (Å²) in [5.41, 5.74) is 0.139. The van der Waals surface area contributed by atoms with Crippen molar-refractivity contribution in [1.29, 1.82) is 0 Å². The van der Waals surface area contributed by atoms with E-state index in [1.165, 1.54) is 12.1 Å². The van der Waals surface area contributed by atoms with Crippen molar-refractivity contribution in [3.63, 3.8) is 0 Å². The first kappa shape index (κ1) is 14.3. The molecule has 0 amide bonds. The molecule has 20 heavy (non-hydrogen) atoms. The lowest BCUT2D eigenvalue weighted by Gasteiger charge is -2.06. The van der Waals surface area contributed by atoms with Crippen molar-refractivity contribution in [3.05, 3.63) is 60.2 Å². The molecule has 1 unspecified atom stereocenters. The third-order valence-corrected chi connectivity index (χ3v) is 3.94. The lowest BCUT2D eigenvalue weighted by Crippen LogP contribution is -2.09. The van der Waals surface area contributed by atoms with E-state index in [0.29, 0.717) is 17.3 Å². The number of aromatic carboxylic acids is 1. The van der Waals surface area contributed by atoms with Gasteiger partial charge in [0.05, 0.1) is 22.1 Å². The van der Waals surface area contributed by atoms with Crippen LogP contribution in [0.15, 0.2) is 59.5 Å². The molecule has 2 rings (SSSR count). The largest absolute Gasteiger partial charge is 0.493 e. The molecule has 0 saturated heterocycles. The fourth-order valence-electron chi connectivity index (χ4n) is 1.64. The summed E-state index contributed by atoms with van der Waals surface area (Å²) in [6.45, 7) is 0.313. The molecule has 2 aromatic rings. The highest BCUT2D eigenvalue weighted by molar-refractivity contribution is 7.85. The number of hydrogen-bond acceptors (Lipinski definition) is 3. The zero-order valence-corrected chi connectivity index (χ0v) is 11.5. The van der Waals surface area contributed by atoms with Crippen LogP contribution in [0, 0.1) is 0 Å². The van der Waals surface area contributed by atoms with Gasteiger partial charge < -0.3 is 9.84 Å². The number of rotatable bonds is 6. The number of ether oxygens (including phenoxy) is 1. The lowest BCUT2D eigenvalue weighted by molar-refractivity contribution is 0.0696. The van der Waals surface area contributed by atoms with E-state index in [2.05, 4.69) is 0 Å². The maximum absolute atomic E-state index is 12.0. The van der Waals surface area contributed by atoms with E-state index in [1.807, 2.05) is 30.3 Å². The Labute approximate surface area is 119 Å². The summed E-state index contributed by atoms with van der Waals surface area (Å²) in [4.78, 5) is 11.4. The second-order valence-electron chi connectivity index (χ2n) is 4.04. The van der Waals surface area contributed by atoms with Crippen LogP contribution in [0.1, 0.15) is 10.4 Å². The van der Waals surface area contributed by atoms with Crippen LogP contribution in [0.4, 0.5) is 0 Å². The average molecular weight is 290 g/mol. The third kappa shape index (κ3) is 3.93. The Morgan fingerprint density at radius 1 is 1.10 bits per heavy atom. The Morgan fingerprint density at radius 3 is 2.55 bits per heavy atom. The van der Waals surface area contributed by atoms with Gasteiger partial charge in [-0.15, -0.1) is 0 Å². The van der Waals surface area contributed by atoms with Gasteiger partial charge in [0.25, 0.3) is 0 Å². The molecule has 1 N–H and O–H groups in total. The van der Waals surface area contributed by atoms with Crippen molar-refractivity contribution in [3.8, 4) is 5.75 Å². The molecular formula is C15H14O4S. The van der Waals surface area contributed by atoms with Crippen LogP contribution in [0.3, 0.4) is 0 Å². The highest BCUT2D eigenvalue weighted by Crippen LogP contribution is 2.12. The zero-order valence-electron chi connectivity index (χ0n) is 10.7. The summed E-state index contributed by atoms with van der Waals surface area (Å²) in [5, 5.41) is 8.89. The van der Waals surface area contributed by atoms with Crippen LogP contribution in [0.25, 0.3) is 0 Å². The van der Waals surface area contributed by atoms with Gasteiger partial charge in [0.15, 0.2) is 0 Å². The number of carbonyl (C=O) groups is 1. The average Bonchev–Trinajstić information content (AvgIpc) is 2.48. The Kier molecular flexibility index (Phi) is 4.90. The first-order valence-electron chi connectivity index (χ1n) is 6.06.